The highest BCUT2D eigenvalue weighted by atomic mass is 19.4. The number of anilines is 1. The molecule has 0 radical (unpaired) electrons. The maximum Gasteiger partial charge on any atom is 0.417 e. The van der Waals surface area contributed by atoms with Crippen molar-refractivity contribution in [2.24, 2.45) is 5.73 Å². The molecule has 174 valence electrons. The summed E-state index contributed by atoms with van der Waals surface area (Å²) in [6.45, 7) is 0. The first-order chi connectivity index (χ1) is 15.4. The van der Waals surface area contributed by atoms with E-state index in [0.717, 1.165) is 36.4 Å². The van der Waals surface area contributed by atoms with Crippen LogP contribution >= 0.6 is 0 Å². The van der Waals surface area contributed by atoms with Gasteiger partial charge in [-0.1, -0.05) is 12.1 Å². The van der Waals surface area contributed by atoms with Gasteiger partial charge in [-0.25, -0.2) is 4.98 Å². The number of pyridine rings is 1. The van der Waals surface area contributed by atoms with E-state index in [0.29, 0.717) is 17.5 Å². The number of carbonyl (C=O) groups is 1. The number of rotatable bonds is 6. The molecule has 33 heavy (non-hydrogen) atoms. The number of nitrogens with zero attached hydrogens (tertiary/aromatic N) is 1. The summed E-state index contributed by atoms with van der Waals surface area (Å²) in [6, 6.07) is 11.2. The van der Waals surface area contributed by atoms with Crippen LogP contribution in [-0.4, -0.2) is 16.9 Å². The first kappa shape index (κ1) is 24.1. The van der Waals surface area contributed by atoms with Crippen LogP contribution in [-0.2, 0) is 23.6 Å². The average molecular weight is 469 g/mol. The molecule has 3 aromatic rings. The zero-order chi connectivity index (χ0) is 24.2. The van der Waals surface area contributed by atoms with Crippen LogP contribution in [0.4, 0.5) is 32.0 Å². The van der Waals surface area contributed by atoms with E-state index in [-0.39, 0.29) is 18.0 Å². The molecule has 11 heteroatoms. The maximum absolute atomic E-state index is 12.6. The summed E-state index contributed by atoms with van der Waals surface area (Å²) in [7, 11) is 0. The number of alkyl halides is 6. The Kier molecular flexibility index (Phi) is 6.92. The molecular weight excluding hydrogens is 452 g/mol. The van der Waals surface area contributed by atoms with Gasteiger partial charge in [0.25, 0.3) is 0 Å². The zero-order valence-electron chi connectivity index (χ0n) is 16.7. The van der Waals surface area contributed by atoms with Crippen molar-refractivity contribution in [3.8, 4) is 11.6 Å². The molecule has 3 N–H and O–H groups in total. The van der Waals surface area contributed by atoms with E-state index in [2.05, 4.69) is 10.3 Å². The predicted molar refractivity (Wildman–Crippen MR) is 108 cm³/mol. The van der Waals surface area contributed by atoms with Crippen molar-refractivity contribution in [3.05, 3.63) is 83.6 Å². The van der Waals surface area contributed by atoms with Gasteiger partial charge >= 0.3 is 12.4 Å². The number of carbonyl (C=O) groups excluding carboxylic acids is 1. The van der Waals surface area contributed by atoms with Crippen LogP contribution in [0.1, 0.15) is 16.7 Å². The molecule has 0 fully saturated rings. The lowest BCUT2D eigenvalue weighted by Gasteiger charge is -2.14. The molecule has 0 spiro atoms. The minimum Gasteiger partial charge on any atom is -0.439 e. The van der Waals surface area contributed by atoms with Gasteiger partial charge in [0.05, 0.1) is 17.2 Å². The number of nitrogens with two attached hydrogens (primary N) is 1. The van der Waals surface area contributed by atoms with Gasteiger partial charge in [0.1, 0.15) is 5.75 Å². The Balaban J connectivity index is 1.55. The van der Waals surface area contributed by atoms with Crippen molar-refractivity contribution in [2.75, 3.05) is 5.32 Å². The van der Waals surface area contributed by atoms with E-state index >= 15 is 0 Å². The number of hydrogen-bond acceptors (Lipinski definition) is 4. The highest BCUT2D eigenvalue weighted by molar-refractivity contribution is 5.94. The van der Waals surface area contributed by atoms with Gasteiger partial charge in [-0.05, 0) is 54.4 Å². The standard InChI is InChI=1S/C22H17F6N3O2/c23-21(24,25)14-3-6-16(7-4-14)31-20(32)18(29)11-13-1-8-17(9-2-13)33-19-10-5-15(12-30-19)22(26,27)28/h1-10,12,18H,11,29H2,(H,31,32)/t18-/m0/s1. The molecule has 0 saturated heterocycles. The van der Waals surface area contributed by atoms with Gasteiger partial charge < -0.3 is 15.8 Å². The Labute approximate surface area is 184 Å². The molecular formula is C22H17F6N3O2. The third-order valence-corrected chi connectivity index (χ3v) is 4.48. The Bertz CT molecular complexity index is 1080. The van der Waals surface area contributed by atoms with Crippen molar-refractivity contribution >= 4 is 11.6 Å². The summed E-state index contributed by atoms with van der Waals surface area (Å²) in [6.07, 6.45) is -8.18. The second-order valence-electron chi connectivity index (χ2n) is 7.00. The van der Waals surface area contributed by atoms with Gasteiger partial charge in [-0.2, -0.15) is 26.3 Å². The molecule has 1 aromatic heterocycles. The molecule has 5 nitrogen and oxygen atoms in total. The lowest BCUT2D eigenvalue weighted by atomic mass is 10.1. The van der Waals surface area contributed by atoms with Gasteiger partial charge in [0.2, 0.25) is 11.8 Å². The van der Waals surface area contributed by atoms with Crippen LogP contribution in [0, 0.1) is 0 Å². The molecule has 0 saturated carbocycles. The lowest BCUT2D eigenvalue weighted by molar-refractivity contribution is -0.138. The van der Waals surface area contributed by atoms with E-state index in [1.807, 2.05) is 0 Å². The SMILES string of the molecule is N[C@@H](Cc1ccc(Oc2ccc(C(F)(F)F)cn2)cc1)C(=O)Nc1ccc(C(F)(F)F)cc1. The second-order valence-corrected chi connectivity index (χ2v) is 7.00. The summed E-state index contributed by atoms with van der Waals surface area (Å²) in [4.78, 5) is 15.8. The fourth-order valence-corrected chi connectivity index (χ4v) is 2.75. The number of nitrogens with one attached hydrogen (secondary N) is 1. The highest BCUT2D eigenvalue weighted by Gasteiger charge is 2.31. The Morgan fingerprint density at radius 1 is 0.879 bits per heavy atom. The van der Waals surface area contributed by atoms with Gasteiger partial charge in [0, 0.05) is 18.0 Å². The van der Waals surface area contributed by atoms with E-state index in [9.17, 15) is 31.1 Å². The van der Waals surface area contributed by atoms with Crippen LogP contribution in [0.3, 0.4) is 0 Å². The van der Waals surface area contributed by atoms with Crippen LogP contribution < -0.4 is 15.8 Å². The van der Waals surface area contributed by atoms with E-state index in [1.165, 1.54) is 12.1 Å². The Hall–Kier alpha value is -3.60. The first-order valence-electron chi connectivity index (χ1n) is 9.45. The molecule has 0 aliphatic rings. The normalized spacial score (nSPS) is 12.8. The van der Waals surface area contributed by atoms with Crippen LogP contribution in [0.2, 0.25) is 0 Å². The predicted octanol–water partition coefficient (Wildman–Crippen LogP) is 5.42. The fourth-order valence-electron chi connectivity index (χ4n) is 2.75. The summed E-state index contributed by atoms with van der Waals surface area (Å²) >= 11 is 0. The smallest absolute Gasteiger partial charge is 0.417 e. The van der Waals surface area contributed by atoms with Crippen LogP contribution in [0.15, 0.2) is 66.9 Å². The molecule has 0 unspecified atom stereocenters. The van der Waals surface area contributed by atoms with Gasteiger partial charge in [-0.3, -0.25) is 4.79 Å². The monoisotopic (exact) mass is 469 g/mol. The first-order valence-corrected chi connectivity index (χ1v) is 9.45. The van der Waals surface area contributed by atoms with Crippen molar-refractivity contribution in [1.82, 2.24) is 4.98 Å². The van der Waals surface area contributed by atoms with Crippen molar-refractivity contribution in [3.63, 3.8) is 0 Å². The van der Waals surface area contributed by atoms with E-state index < -0.39 is 35.4 Å². The van der Waals surface area contributed by atoms with E-state index in [4.69, 9.17) is 10.5 Å². The average Bonchev–Trinajstić information content (AvgIpc) is 2.74. The number of benzene rings is 2. The zero-order valence-corrected chi connectivity index (χ0v) is 16.7. The Morgan fingerprint density at radius 3 is 1.97 bits per heavy atom. The van der Waals surface area contributed by atoms with Crippen molar-refractivity contribution < 1.29 is 35.9 Å². The highest BCUT2D eigenvalue weighted by Crippen LogP contribution is 2.31. The third-order valence-electron chi connectivity index (χ3n) is 4.48. The number of aromatic nitrogens is 1. The second kappa shape index (κ2) is 9.49. The van der Waals surface area contributed by atoms with Gasteiger partial charge in [0.15, 0.2) is 0 Å². The fraction of sp³-hybridized carbons (Fsp3) is 0.182. The third kappa shape index (κ3) is 6.69. The van der Waals surface area contributed by atoms with Crippen molar-refractivity contribution in [2.45, 2.75) is 24.8 Å². The topological polar surface area (TPSA) is 77.2 Å². The Morgan fingerprint density at radius 2 is 1.45 bits per heavy atom. The molecule has 1 heterocycles. The molecule has 0 aliphatic heterocycles. The quantitative estimate of drug-likeness (QED) is 0.473. The minimum atomic E-state index is -4.50. The molecule has 0 aliphatic carbocycles. The van der Waals surface area contributed by atoms with Crippen LogP contribution in [0.25, 0.3) is 0 Å². The molecule has 3 rings (SSSR count). The number of halogens is 6. The number of amides is 1. The maximum atomic E-state index is 12.6. The summed E-state index contributed by atoms with van der Waals surface area (Å²) in [5.74, 6) is -0.291. The largest absolute Gasteiger partial charge is 0.439 e. The molecule has 0 bridgehead atoms. The van der Waals surface area contributed by atoms with Crippen molar-refractivity contribution in [1.29, 1.82) is 0 Å². The minimum absolute atomic E-state index is 0.0247. The number of hydrogen-bond donors (Lipinski definition) is 2. The summed E-state index contributed by atoms with van der Waals surface area (Å²) < 4.78 is 80.9. The summed E-state index contributed by atoms with van der Waals surface area (Å²) in [5, 5.41) is 2.46. The summed E-state index contributed by atoms with van der Waals surface area (Å²) in [5.41, 5.74) is 4.99. The van der Waals surface area contributed by atoms with Crippen LogP contribution in [0.5, 0.6) is 11.6 Å². The molecule has 2 aromatic carbocycles. The molecule has 1 atom stereocenters. The van der Waals surface area contributed by atoms with Gasteiger partial charge in [-0.15, -0.1) is 0 Å². The molecule has 1 amide bonds. The van der Waals surface area contributed by atoms with E-state index in [1.54, 1.807) is 12.1 Å². The lowest BCUT2D eigenvalue weighted by Crippen LogP contribution is -2.37. The number of ether oxygens (including phenoxy) is 1.